The highest BCUT2D eigenvalue weighted by molar-refractivity contribution is 7.96. The number of hydrogen-bond donors (Lipinski definition) is 1. The van der Waals surface area contributed by atoms with Crippen molar-refractivity contribution in [2.24, 2.45) is 0 Å². The highest BCUT2D eigenvalue weighted by Gasteiger charge is 2.51. The summed E-state index contributed by atoms with van der Waals surface area (Å²) in [6, 6.07) is 5.40. The minimum absolute atomic E-state index is 0.0473. The van der Waals surface area contributed by atoms with Gasteiger partial charge in [0.15, 0.2) is 5.60 Å². The Morgan fingerprint density at radius 1 is 1.14 bits per heavy atom. The molecule has 2 heterocycles. The Balaban J connectivity index is 1.60. The van der Waals surface area contributed by atoms with E-state index in [0.29, 0.717) is 49.8 Å². The van der Waals surface area contributed by atoms with Crippen molar-refractivity contribution in [2.75, 3.05) is 50.8 Å². The third kappa shape index (κ3) is 5.94. The summed E-state index contributed by atoms with van der Waals surface area (Å²) in [5.41, 5.74) is -2.56. The minimum Gasteiger partial charge on any atom is -0.376 e. The summed E-state index contributed by atoms with van der Waals surface area (Å²) in [5, 5.41) is 10.0. The number of ether oxygens (including phenoxy) is 1. The van der Waals surface area contributed by atoms with Crippen molar-refractivity contribution in [3.05, 3.63) is 53.0 Å². The fourth-order valence-corrected chi connectivity index (χ4v) is 7.00. The zero-order valence-electron chi connectivity index (χ0n) is 20.8. The van der Waals surface area contributed by atoms with Gasteiger partial charge in [0.05, 0.1) is 23.7 Å². The zero-order valence-corrected chi connectivity index (χ0v) is 22.4. The minimum atomic E-state index is -4.81. The van der Waals surface area contributed by atoms with E-state index in [4.69, 9.17) is 17.0 Å². The van der Waals surface area contributed by atoms with Crippen LogP contribution in [0.15, 0.2) is 47.4 Å². The summed E-state index contributed by atoms with van der Waals surface area (Å²) in [6.07, 6.45) is 0.699. The summed E-state index contributed by atoms with van der Waals surface area (Å²) >= 11 is 5.33. The Labute approximate surface area is 221 Å². The number of morpholine rings is 1. The van der Waals surface area contributed by atoms with Crippen molar-refractivity contribution >= 4 is 32.8 Å². The Bertz CT molecular complexity index is 1170. The second kappa shape index (κ2) is 10.7. The molecule has 7 nitrogen and oxygen atoms in total. The molecule has 4 rings (SSSR count). The number of hydrogen-bond acceptors (Lipinski definition) is 7. The molecule has 1 N–H and O–H groups in total. The Morgan fingerprint density at radius 2 is 1.84 bits per heavy atom. The Kier molecular flexibility index (Phi) is 8.18. The lowest BCUT2D eigenvalue weighted by Gasteiger charge is -2.45. The van der Waals surface area contributed by atoms with E-state index in [0.717, 1.165) is 6.92 Å². The number of rotatable bonds is 6. The monoisotopic (exact) mass is 559 g/mol. The first-order chi connectivity index (χ1) is 17.3. The molecule has 2 aliphatic heterocycles. The molecule has 0 unspecified atom stereocenters. The predicted octanol–water partition coefficient (Wildman–Crippen LogP) is 3.21. The number of benzene rings is 1. The fourth-order valence-electron chi connectivity index (χ4n) is 4.93. The molecule has 1 aliphatic carbocycles. The van der Waals surface area contributed by atoms with Gasteiger partial charge in [-0.2, -0.15) is 17.5 Å². The molecule has 37 heavy (non-hydrogen) atoms. The van der Waals surface area contributed by atoms with Gasteiger partial charge in [0, 0.05) is 56.2 Å². The topological polar surface area (TPSA) is 73.3 Å². The van der Waals surface area contributed by atoms with Crippen LogP contribution in [0.25, 0.3) is 0 Å². The van der Waals surface area contributed by atoms with E-state index in [1.165, 1.54) is 22.5 Å². The largest absolute Gasteiger partial charge is 0.421 e. The van der Waals surface area contributed by atoms with E-state index < -0.39 is 21.8 Å². The van der Waals surface area contributed by atoms with Crippen molar-refractivity contribution in [3.8, 4) is 0 Å². The van der Waals surface area contributed by atoms with E-state index in [9.17, 15) is 26.7 Å². The van der Waals surface area contributed by atoms with E-state index in [-0.39, 0.29) is 35.7 Å². The maximum absolute atomic E-state index is 13.5. The number of aliphatic hydroxyl groups is 1. The molecule has 2 fully saturated rings. The summed E-state index contributed by atoms with van der Waals surface area (Å²) in [7, 11) is -3.79. The molecular formula is C25H32F3N3O4S2. The molecule has 3 aliphatic rings. The lowest BCUT2D eigenvalue weighted by atomic mass is 9.95. The Morgan fingerprint density at radius 3 is 2.46 bits per heavy atom. The van der Waals surface area contributed by atoms with E-state index in [2.05, 4.69) is 4.90 Å². The van der Waals surface area contributed by atoms with Gasteiger partial charge in [0.25, 0.3) is 0 Å². The molecule has 0 aromatic heterocycles. The van der Waals surface area contributed by atoms with Gasteiger partial charge in [-0.25, -0.2) is 8.42 Å². The van der Waals surface area contributed by atoms with Gasteiger partial charge in [0.2, 0.25) is 10.0 Å². The van der Waals surface area contributed by atoms with Crippen molar-refractivity contribution < 1.29 is 31.4 Å². The molecule has 2 saturated heterocycles. The summed E-state index contributed by atoms with van der Waals surface area (Å²) in [5.74, 6) is 0. The molecule has 0 bridgehead atoms. The van der Waals surface area contributed by atoms with Crippen LogP contribution in [0, 0.1) is 0 Å². The van der Waals surface area contributed by atoms with Gasteiger partial charge < -0.3 is 14.7 Å². The van der Waals surface area contributed by atoms with Crippen molar-refractivity contribution in [1.29, 1.82) is 0 Å². The maximum Gasteiger partial charge on any atom is 0.421 e. The van der Waals surface area contributed by atoms with Gasteiger partial charge in [-0.3, -0.25) is 4.90 Å². The number of allylic oxidation sites excluding steroid dienone is 4. The summed E-state index contributed by atoms with van der Waals surface area (Å²) in [4.78, 5) is 4.79. The first kappa shape index (κ1) is 28.2. The Hall–Kier alpha value is -1.83. The van der Waals surface area contributed by atoms with Crippen LogP contribution in [-0.2, 0) is 20.4 Å². The SMILES string of the molecule is C[C@@H]1CN(C[C@H]2CN(S(=O)(=O)C3=CC=CCC3=S)CCN2c2ccc([C@@](C)(O)C(F)(F)F)cc2)CCO1. The van der Waals surface area contributed by atoms with Gasteiger partial charge in [-0.15, -0.1) is 0 Å². The van der Waals surface area contributed by atoms with Crippen molar-refractivity contribution in [2.45, 2.75) is 44.2 Å². The van der Waals surface area contributed by atoms with E-state index in [1.807, 2.05) is 17.9 Å². The standard InChI is InChI=1S/C25H32F3N3O4S2/c1-18-15-29(13-14-35-18)16-21-17-30(37(33,34)23-6-4-3-5-22(23)36)11-12-31(21)20-9-7-19(8-10-20)24(2,32)25(26,27)28/h3-4,6-10,18,21,32H,5,11-17H2,1-2H3/t18-,21+,24-/m1/s1. The van der Waals surface area contributed by atoms with Crippen LogP contribution in [0.5, 0.6) is 0 Å². The van der Waals surface area contributed by atoms with Crippen LogP contribution in [0.2, 0.25) is 0 Å². The highest BCUT2D eigenvalue weighted by Crippen LogP contribution is 2.39. The lowest BCUT2D eigenvalue weighted by Crippen LogP contribution is -2.59. The molecule has 0 amide bonds. The molecule has 12 heteroatoms. The molecule has 0 radical (unpaired) electrons. The maximum atomic E-state index is 13.5. The summed E-state index contributed by atoms with van der Waals surface area (Å²) in [6.45, 7) is 6.03. The average molecular weight is 560 g/mol. The molecule has 3 atom stereocenters. The average Bonchev–Trinajstić information content (AvgIpc) is 2.83. The molecule has 204 valence electrons. The summed E-state index contributed by atoms with van der Waals surface area (Å²) < 4.78 is 74.0. The smallest absolute Gasteiger partial charge is 0.376 e. The molecular weight excluding hydrogens is 527 g/mol. The number of alkyl halides is 3. The normalized spacial score (nSPS) is 26.2. The van der Waals surface area contributed by atoms with Crippen molar-refractivity contribution in [3.63, 3.8) is 0 Å². The third-order valence-electron chi connectivity index (χ3n) is 7.13. The van der Waals surface area contributed by atoms with E-state index in [1.54, 1.807) is 18.2 Å². The van der Waals surface area contributed by atoms with Crippen LogP contribution in [0.3, 0.4) is 0 Å². The number of nitrogens with zero attached hydrogens (tertiary/aromatic N) is 3. The zero-order chi connectivity index (χ0) is 27.0. The number of sulfonamides is 1. The van der Waals surface area contributed by atoms with Crippen molar-refractivity contribution in [1.82, 2.24) is 9.21 Å². The fraction of sp³-hybridized carbons (Fsp3) is 0.560. The van der Waals surface area contributed by atoms with Gasteiger partial charge in [0.1, 0.15) is 0 Å². The second-order valence-corrected chi connectivity index (χ2v) is 12.3. The lowest BCUT2D eigenvalue weighted by molar-refractivity contribution is -0.258. The van der Waals surface area contributed by atoms with Crippen LogP contribution in [0.1, 0.15) is 25.8 Å². The quantitative estimate of drug-likeness (QED) is 0.537. The van der Waals surface area contributed by atoms with Crippen LogP contribution in [-0.4, -0.2) is 91.8 Å². The molecule has 1 aromatic rings. The van der Waals surface area contributed by atoms with Gasteiger partial charge >= 0.3 is 6.18 Å². The highest BCUT2D eigenvalue weighted by atomic mass is 32.2. The molecule has 0 saturated carbocycles. The van der Waals surface area contributed by atoms with Crippen LogP contribution >= 0.6 is 12.2 Å². The second-order valence-electron chi connectivity index (χ2n) is 9.85. The third-order valence-corrected chi connectivity index (χ3v) is 9.60. The number of anilines is 1. The van der Waals surface area contributed by atoms with Gasteiger partial charge in [-0.1, -0.05) is 36.5 Å². The van der Waals surface area contributed by atoms with Crippen LogP contribution in [0.4, 0.5) is 18.9 Å². The van der Waals surface area contributed by atoms with Crippen LogP contribution < -0.4 is 4.90 Å². The number of piperazine rings is 1. The number of halogens is 3. The first-order valence-electron chi connectivity index (χ1n) is 12.2. The van der Waals surface area contributed by atoms with Gasteiger partial charge in [-0.05, 0) is 37.6 Å². The van der Waals surface area contributed by atoms with E-state index >= 15 is 0 Å². The first-order valence-corrected chi connectivity index (χ1v) is 14.1. The predicted molar refractivity (Wildman–Crippen MR) is 140 cm³/mol. The molecule has 0 spiro atoms. The molecule has 1 aromatic carbocycles. The number of thiocarbonyl (C=S) groups is 1.